The highest BCUT2D eigenvalue weighted by molar-refractivity contribution is 5.93. The first-order valence-electron chi connectivity index (χ1n) is 5.56. The number of aromatic nitrogens is 2. The van der Waals surface area contributed by atoms with Crippen LogP contribution in [0.4, 0.5) is 5.82 Å². The standard InChI is InChI=1S/C13H14N4O/c1-9-6-15-5-4-10(9)7-17-13(18)11-2-3-12(14)16-8-11/h2-6,8H,7H2,1H3,(H2,14,16)(H,17,18). The monoisotopic (exact) mass is 242 g/mol. The largest absolute Gasteiger partial charge is 0.384 e. The zero-order valence-corrected chi connectivity index (χ0v) is 10.1. The molecule has 0 aromatic carbocycles. The van der Waals surface area contributed by atoms with Gasteiger partial charge in [-0.25, -0.2) is 4.98 Å². The molecule has 92 valence electrons. The van der Waals surface area contributed by atoms with Gasteiger partial charge in [0, 0.05) is 25.1 Å². The zero-order chi connectivity index (χ0) is 13.0. The van der Waals surface area contributed by atoms with Gasteiger partial charge < -0.3 is 11.1 Å². The van der Waals surface area contributed by atoms with Crippen LogP contribution < -0.4 is 11.1 Å². The predicted molar refractivity (Wildman–Crippen MR) is 68.8 cm³/mol. The molecule has 0 saturated heterocycles. The van der Waals surface area contributed by atoms with Gasteiger partial charge in [0.25, 0.3) is 5.91 Å². The van der Waals surface area contributed by atoms with Crippen molar-refractivity contribution in [2.75, 3.05) is 5.73 Å². The number of nitrogen functional groups attached to an aromatic ring is 1. The summed E-state index contributed by atoms with van der Waals surface area (Å²) in [5.41, 5.74) is 8.05. The number of amides is 1. The highest BCUT2D eigenvalue weighted by Crippen LogP contribution is 2.05. The number of carbonyl (C=O) groups is 1. The number of aryl methyl sites for hydroxylation is 1. The summed E-state index contributed by atoms with van der Waals surface area (Å²) >= 11 is 0. The Labute approximate surface area is 105 Å². The van der Waals surface area contributed by atoms with Crippen LogP contribution in [0.25, 0.3) is 0 Å². The fraction of sp³-hybridized carbons (Fsp3) is 0.154. The Morgan fingerprint density at radius 3 is 2.83 bits per heavy atom. The van der Waals surface area contributed by atoms with Gasteiger partial charge in [0.2, 0.25) is 0 Å². The van der Waals surface area contributed by atoms with E-state index in [9.17, 15) is 4.79 Å². The van der Waals surface area contributed by atoms with Crippen LogP contribution in [-0.4, -0.2) is 15.9 Å². The van der Waals surface area contributed by atoms with E-state index in [0.717, 1.165) is 11.1 Å². The fourth-order valence-corrected chi connectivity index (χ4v) is 1.52. The number of nitrogens with one attached hydrogen (secondary N) is 1. The number of hydrogen-bond donors (Lipinski definition) is 2. The summed E-state index contributed by atoms with van der Waals surface area (Å²) in [6.07, 6.45) is 4.94. The number of nitrogens with zero attached hydrogens (tertiary/aromatic N) is 2. The molecule has 0 bridgehead atoms. The van der Waals surface area contributed by atoms with E-state index in [0.29, 0.717) is 17.9 Å². The quantitative estimate of drug-likeness (QED) is 0.850. The smallest absolute Gasteiger partial charge is 0.253 e. The van der Waals surface area contributed by atoms with E-state index in [1.54, 1.807) is 24.5 Å². The third-order valence-corrected chi connectivity index (χ3v) is 2.62. The van der Waals surface area contributed by atoms with Crippen LogP contribution in [-0.2, 0) is 6.54 Å². The van der Waals surface area contributed by atoms with Gasteiger partial charge in [-0.05, 0) is 36.2 Å². The first-order valence-corrected chi connectivity index (χ1v) is 5.56. The second kappa shape index (κ2) is 5.27. The number of hydrogen-bond acceptors (Lipinski definition) is 4. The van der Waals surface area contributed by atoms with Crippen molar-refractivity contribution in [1.29, 1.82) is 0 Å². The van der Waals surface area contributed by atoms with E-state index >= 15 is 0 Å². The molecule has 0 aliphatic rings. The first-order chi connectivity index (χ1) is 8.66. The molecule has 5 heteroatoms. The van der Waals surface area contributed by atoms with Gasteiger partial charge in [0.1, 0.15) is 5.82 Å². The number of rotatable bonds is 3. The van der Waals surface area contributed by atoms with Crippen LogP contribution in [0.15, 0.2) is 36.8 Å². The van der Waals surface area contributed by atoms with Crippen molar-refractivity contribution < 1.29 is 4.79 Å². The van der Waals surface area contributed by atoms with Gasteiger partial charge in [-0.2, -0.15) is 0 Å². The fourth-order valence-electron chi connectivity index (χ4n) is 1.52. The van der Waals surface area contributed by atoms with E-state index in [1.807, 2.05) is 13.0 Å². The molecule has 2 aromatic rings. The second-order valence-corrected chi connectivity index (χ2v) is 3.96. The van der Waals surface area contributed by atoms with Gasteiger partial charge in [-0.3, -0.25) is 9.78 Å². The van der Waals surface area contributed by atoms with Gasteiger partial charge in [-0.1, -0.05) is 0 Å². The van der Waals surface area contributed by atoms with Crippen molar-refractivity contribution in [2.24, 2.45) is 0 Å². The molecule has 0 radical (unpaired) electrons. The maximum Gasteiger partial charge on any atom is 0.253 e. The maximum absolute atomic E-state index is 11.8. The maximum atomic E-state index is 11.8. The zero-order valence-electron chi connectivity index (χ0n) is 10.1. The predicted octanol–water partition coefficient (Wildman–Crippen LogP) is 1.30. The topological polar surface area (TPSA) is 80.9 Å². The highest BCUT2D eigenvalue weighted by atomic mass is 16.1. The Morgan fingerprint density at radius 2 is 2.17 bits per heavy atom. The van der Waals surface area contributed by atoms with Gasteiger partial charge >= 0.3 is 0 Å². The molecule has 2 aromatic heterocycles. The van der Waals surface area contributed by atoms with Crippen LogP contribution in [0.2, 0.25) is 0 Å². The second-order valence-electron chi connectivity index (χ2n) is 3.96. The average Bonchev–Trinajstić information content (AvgIpc) is 2.38. The molecule has 0 aliphatic heterocycles. The van der Waals surface area contributed by atoms with Gasteiger partial charge in [0.15, 0.2) is 0 Å². The van der Waals surface area contributed by atoms with E-state index in [2.05, 4.69) is 15.3 Å². The lowest BCUT2D eigenvalue weighted by Crippen LogP contribution is -2.23. The summed E-state index contributed by atoms with van der Waals surface area (Å²) in [6.45, 7) is 2.43. The SMILES string of the molecule is Cc1cnccc1CNC(=O)c1ccc(N)nc1. The molecule has 5 nitrogen and oxygen atoms in total. The average molecular weight is 242 g/mol. The van der Waals surface area contributed by atoms with Crippen LogP contribution in [0.5, 0.6) is 0 Å². The normalized spacial score (nSPS) is 10.1. The van der Waals surface area contributed by atoms with Crippen LogP contribution in [0.1, 0.15) is 21.5 Å². The van der Waals surface area contributed by atoms with Gasteiger partial charge in [-0.15, -0.1) is 0 Å². The minimum atomic E-state index is -0.168. The van der Waals surface area contributed by atoms with Crippen LogP contribution in [0.3, 0.4) is 0 Å². The van der Waals surface area contributed by atoms with E-state index < -0.39 is 0 Å². The molecule has 1 amide bonds. The molecule has 0 atom stereocenters. The number of anilines is 1. The summed E-state index contributed by atoms with van der Waals surface area (Å²) in [7, 11) is 0. The van der Waals surface area contributed by atoms with Crippen molar-refractivity contribution in [3.8, 4) is 0 Å². The Hall–Kier alpha value is -2.43. The lowest BCUT2D eigenvalue weighted by molar-refractivity contribution is 0.0950. The molecule has 0 spiro atoms. The first kappa shape index (κ1) is 12.0. The molecule has 0 aliphatic carbocycles. The Bertz CT molecular complexity index is 551. The molecule has 3 N–H and O–H groups in total. The third kappa shape index (κ3) is 2.82. The van der Waals surface area contributed by atoms with E-state index in [-0.39, 0.29) is 5.91 Å². The molecule has 2 heterocycles. The van der Waals surface area contributed by atoms with Crippen molar-refractivity contribution in [3.63, 3.8) is 0 Å². The number of carbonyl (C=O) groups excluding carboxylic acids is 1. The van der Waals surface area contributed by atoms with E-state index in [4.69, 9.17) is 5.73 Å². The lowest BCUT2D eigenvalue weighted by atomic mass is 10.1. The Morgan fingerprint density at radius 1 is 1.33 bits per heavy atom. The number of pyridine rings is 2. The molecule has 18 heavy (non-hydrogen) atoms. The Balaban J connectivity index is 2.01. The molecule has 0 unspecified atom stereocenters. The summed E-state index contributed by atoms with van der Waals surface area (Å²) in [5, 5.41) is 2.83. The van der Waals surface area contributed by atoms with E-state index in [1.165, 1.54) is 6.20 Å². The summed E-state index contributed by atoms with van der Waals surface area (Å²) in [4.78, 5) is 19.7. The third-order valence-electron chi connectivity index (χ3n) is 2.62. The Kier molecular flexibility index (Phi) is 3.52. The molecular formula is C13H14N4O. The van der Waals surface area contributed by atoms with Crippen molar-refractivity contribution >= 4 is 11.7 Å². The minimum absolute atomic E-state index is 0.168. The van der Waals surface area contributed by atoms with Crippen molar-refractivity contribution in [3.05, 3.63) is 53.5 Å². The lowest BCUT2D eigenvalue weighted by Gasteiger charge is -2.07. The molecular weight excluding hydrogens is 228 g/mol. The molecule has 2 rings (SSSR count). The number of nitrogens with two attached hydrogens (primary N) is 1. The summed E-state index contributed by atoms with van der Waals surface area (Å²) < 4.78 is 0. The van der Waals surface area contributed by atoms with Crippen molar-refractivity contribution in [2.45, 2.75) is 13.5 Å². The summed E-state index contributed by atoms with van der Waals surface area (Å²) in [6, 6.07) is 5.14. The van der Waals surface area contributed by atoms with Crippen molar-refractivity contribution in [1.82, 2.24) is 15.3 Å². The van der Waals surface area contributed by atoms with Crippen LogP contribution in [0, 0.1) is 6.92 Å². The molecule has 0 fully saturated rings. The minimum Gasteiger partial charge on any atom is -0.384 e. The van der Waals surface area contributed by atoms with Gasteiger partial charge in [0.05, 0.1) is 5.56 Å². The molecule has 0 saturated carbocycles. The van der Waals surface area contributed by atoms with Crippen LogP contribution >= 0.6 is 0 Å². The highest BCUT2D eigenvalue weighted by Gasteiger charge is 2.06. The summed E-state index contributed by atoms with van der Waals surface area (Å²) in [5.74, 6) is 0.232.